The molecule has 1 aromatic carbocycles. The summed E-state index contributed by atoms with van der Waals surface area (Å²) < 4.78 is 9.14. The highest BCUT2D eigenvalue weighted by molar-refractivity contribution is 5.86. The van der Waals surface area contributed by atoms with Crippen LogP contribution in [0.1, 0.15) is 61.7 Å². The number of hydrogen-bond donors (Lipinski definition) is 0. The summed E-state index contributed by atoms with van der Waals surface area (Å²) in [5, 5.41) is 1.35. The molecule has 3 aromatic rings. The summed E-state index contributed by atoms with van der Waals surface area (Å²) in [6.07, 6.45) is 5.78. The lowest BCUT2D eigenvalue weighted by Crippen LogP contribution is -2.50. The van der Waals surface area contributed by atoms with Gasteiger partial charge in [0, 0.05) is 47.0 Å². The number of pyridine rings is 1. The Bertz CT molecular complexity index is 1180. The van der Waals surface area contributed by atoms with Crippen molar-refractivity contribution in [1.29, 1.82) is 0 Å². The number of fused-ring (bicyclic) bond motifs is 3. The van der Waals surface area contributed by atoms with Gasteiger partial charge in [-0.25, -0.2) is 0 Å². The lowest BCUT2D eigenvalue weighted by molar-refractivity contribution is -0.940. The largest absolute Gasteiger partial charge is 0.415 e. The minimum Gasteiger partial charge on any atom is -0.415 e. The van der Waals surface area contributed by atoms with Crippen molar-refractivity contribution in [3.8, 4) is 0 Å². The van der Waals surface area contributed by atoms with Crippen LogP contribution >= 0.6 is 0 Å². The molecule has 1 aliphatic heterocycles. The van der Waals surface area contributed by atoms with Crippen LogP contribution in [0.2, 0.25) is 0 Å². The summed E-state index contributed by atoms with van der Waals surface area (Å²) >= 11 is 0. The molecule has 182 valence electrons. The van der Waals surface area contributed by atoms with Gasteiger partial charge in [0.25, 0.3) is 0 Å². The van der Waals surface area contributed by atoms with Crippen molar-refractivity contribution in [3.63, 3.8) is 0 Å². The molecule has 2 aromatic heterocycles. The van der Waals surface area contributed by atoms with Gasteiger partial charge in [-0.15, -0.1) is 0 Å². The Hall–Kier alpha value is -2.66. The predicted octanol–water partition coefficient (Wildman–Crippen LogP) is 5.73. The zero-order valence-corrected chi connectivity index (χ0v) is 21.8. The lowest BCUT2D eigenvalue weighted by atomic mass is 9.88. The molecule has 0 bridgehead atoms. The quantitative estimate of drug-likeness (QED) is 0.317. The molecule has 0 fully saturated rings. The van der Waals surface area contributed by atoms with E-state index >= 15 is 0 Å². The van der Waals surface area contributed by atoms with Crippen molar-refractivity contribution in [1.82, 2.24) is 9.55 Å². The van der Waals surface area contributed by atoms with Crippen molar-refractivity contribution in [2.24, 2.45) is 5.41 Å². The van der Waals surface area contributed by atoms with Gasteiger partial charge in [0.15, 0.2) is 0 Å². The molecule has 0 saturated carbocycles. The van der Waals surface area contributed by atoms with Crippen molar-refractivity contribution < 1.29 is 14.0 Å². The molecule has 34 heavy (non-hydrogen) atoms. The first-order valence-corrected chi connectivity index (χ1v) is 12.6. The van der Waals surface area contributed by atoms with E-state index < -0.39 is 5.41 Å². The van der Waals surface area contributed by atoms with Gasteiger partial charge >= 0.3 is 5.97 Å². The molecule has 1 aliphatic rings. The molecular weight excluding hydrogens is 422 g/mol. The van der Waals surface area contributed by atoms with Crippen LogP contribution in [0.3, 0.4) is 0 Å². The molecule has 0 spiro atoms. The summed E-state index contributed by atoms with van der Waals surface area (Å²) in [6.45, 7) is 13.5. The number of likely N-dealkylation sites (N-methyl/N-ethyl adjacent to an activating group) is 1. The summed E-state index contributed by atoms with van der Waals surface area (Å²) in [6, 6.07) is 11.1. The van der Waals surface area contributed by atoms with Gasteiger partial charge in [-0.1, -0.05) is 31.0 Å². The third-order valence-corrected chi connectivity index (χ3v) is 7.40. The minimum atomic E-state index is -0.424. The van der Waals surface area contributed by atoms with Crippen LogP contribution in [-0.2, 0) is 35.5 Å². The number of carbonyl (C=O) groups is 1. The Kier molecular flexibility index (Phi) is 6.86. The number of aryl methyl sites for hydroxylation is 4. The molecule has 0 saturated heterocycles. The van der Waals surface area contributed by atoms with Gasteiger partial charge < -0.3 is 9.30 Å². The topological polar surface area (TPSA) is 44.1 Å². The van der Waals surface area contributed by atoms with Crippen molar-refractivity contribution in [3.05, 3.63) is 64.6 Å². The lowest BCUT2D eigenvalue weighted by Gasteiger charge is -2.38. The van der Waals surface area contributed by atoms with E-state index in [2.05, 4.69) is 60.8 Å². The number of carbonyl (C=O) groups excluding carboxylic acids is 1. The smallest absolute Gasteiger partial charge is 0.315 e. The highest BCUT2D eigenvalue weighted by atomic mass is 16.5. The van der Waals surface area contributed by atoms with E-state index in [4.69, 9.17) is 4.74 Å². The maximum Gasteiger partial charge on any atom is 0.315 e. The van der Waals surface area contributed by atoms with Crippen LogP contribution in [0.5, 0.6) is 0 Å². The molecule has 3 heterocycles. The number of ether oxygens (including phenoxy) is 1. The van der Waals surface area contributed by atoms with Crippen molar-refractivity contribution in [2.45, 2.75) is 73.4 Å². The van der Waals surface area contributed by atoms with Gasteiger partial charge in [0.05, 0.1) is 19.0 Å². The van der Waals surface area contributed by atoms with E-state index in [0.29, 0.717) is 6.73 Å². The monoisotopic (exact) mass is 462 g/mol. The maximum atomic E-state index is 12.7. The first-order chi connectivity index (χ1) is 16.1. The fourth-order valence-corrected chi connectivity index (χ4v) is 5.28. The number of quaternary nitrogens is 1. The molecule has 1 atom stereocenters. The van der Waals surface area contributed by atoms with E-state index in [0.717, 1.165) is 55.5 Å². The van der Waals surface area contributed by atoms with E-state index in [1.807, 2.05) is 27.0 Å². The second-order valence-electron chi connectivity index (χ2n) is 11.1. The third-order valence-electron chi connectivity index (χ3n) is 7.40. The molecule has 0 radical (unpaired) electrons. The molecular formula is C29H40N3O2+. The Morgan fingerprint density at radius 1 is 1.21 bits per heavy atom. The van der Waals surface area contributed by atoms with Gasteiger partial charge in [-0.05, 0) is 64.3 Å². The molecule has 5 nitrogen and oxygen atoms in total. The normalized spacial score (nSPS) is 18.2. The van der Waals surface area contributed by atoms with Crippen LogP contribution < -0.4 is 0 Å². The zero-order chi connectivity index (χ0) is 24.5. The summed E-state index contributed by atoms with van der Waals surface area (Å²) in [4.78, 5) is 17.2. The average Bonchev–Trinajstić information content (AvgIpc) is 3.08. The fraction of sp³-hybridized carbons (Fsp3) is 0.517. The average molecular weight is 463 g/mol. The number of aromatic nitrogens is 2. The first kappa shape index (κ1) is 24.5. The van der Waals surface area contributed by atoms with Gasteiger partial charge in [-0.3, -0.25) is 14.3 Å². The maximum absolute atomic E-state index is 12.7. The standard InChI is InChI=1S/C29H40N3O2/c1-7-14-29(4,5)28(33)34-20-32(6)16-13-27-25(19-32)24-17-21(2)8-11-26(24)31(27)15-12-23-10-9-22(3)30-18-23/h8-11,17-18H,7,12-16,19-20H2,1-6H3/q+1. The van der Waals surface area contributed by atoms with Crippen molar-refractivity contribution in [2.75, 3.05) is 20.3 Å². The predicted molar refractivity (Wildman–Crippen MR) is 137 cm³/mol. The van der Waals surface area contributed by atoms with E-state index in [9.17, 15) is 4.79 Å². The summed E-state index contributed by atoms with van der Waals surface area (Å²) in [5.41, 5.74) is 7.35. The zero-order valence-electron chi connectivity index (χ0n) is 21.8. The van der Waals surface area contributed by atoms with Gasteiger partial charge in [0.1, 0.15) is 6.54 Å². The molecule has 5 heteroatoms. The second-order valence-corrected chi connectivity index (χ2v) is 11.1. The molecule has 0 aliphatic carbocycles. The van der Waals surface area contributed by atoms with Crippen LogP contribution in [-0.4, -0.2) is 40.3 Å². The van der Waals surface area contributed by atoms with Crippen LogP contribution in [0.25, 0.3) is 10.9 Å². The minimum absolute atomic E-state index is 0.0792. The Morgan fingerprint density at radius 3 is 2.71 bits per heavy atom. The molecule has 4 rings (SSSR count). The Balaban J connectivity index is 1.58. The SMILES string of the molecule is CCCC(C)(C)C(=O)OC[N+]1(C)CCc2c(c3cc(C)ccc3n2CCc2ccc(C)nc2)C1. The highest BCUT2D eigenvalue weighted by Crippen LogP contribution is 2.34. The van der Waals surface area contributed by atoms with E-state index in [1.165, 1.54) is 33.3 Å². The molecule has 0 amide bonds. The number of rotatable bonds is 8. The van der Waals surface area contributed by atoms with Crippen LogP contribution in [0.4, 0.5) is 0 Å². The third kappa shape index (κ3) is 5.05. The Labute approximate surface area is 204 Å². The number of benzene rings is 1. The Morgan fingerprint density at radius 2 is 2.00 bits per heavy atom. The van der Waals surface area contributed by atoms with E-state index in [-0.39, 0.29) is 5.97 Å². The highest BCUT2D eigenvalue weighted by Gasteiger charge is 2.36. The number of hydrogen-bond acceptors (Lipinski definition) is 3. The molecule has 1 unspecified atom stereocenters. The van der Waals surface area contributed by atoms with Crippen LogP contribution in [0.15, 0.2) is 36.5 Å². The van der Waals surface area contributed by atoms with E-state index in [1.54, 1.807) is 0 Å². The first-order valence-electron chi connectivity index (χ1n) is 12.6. The summed E-state index contributed by atoms with van der Waals surface area (Å²) in [5.74, 6) is -0.0792. The van der Waals surface area contributed by atoms with Crippen molar-refractivity contribution >= 4 is 16.9 Å². The van der Waals surface area contributed by atoms with Crippen LogP contribution in [0, 0.1) is 19.3 Å². The number of esters is 1. The van der Waals surface area contributed by atoms with Gasteiger partial charge in [0.2, 0.25) is 6.73 Å². The van der Waals surface area contributed by atoms with Gasteiger partial charge in [-0.2, -0.15) is 0 Å². The second kappa shape index (κ2) is 9.53. The fourth-order valence-electron chi connectivity index (χ4n) is 5.28. The number of nitrogens with zero attached hydrogens (tertiary/aromatic N) is 3. The molecule has 0 N–H and O–H groups in total. The summed E-state index contributed by atoms with van der Waals surface area (Å²) in [7, 11) is 2.22.